The second kappa shape index (κ2) is 6.34. The summed E-state index contributed by atoms with van der Waals surface area (Å²) >= 11 is 0. The molecule has 0 radical (unpaired) electrons. The van der Waals surface area contributed by atoms with E-state index in [-0.39, 0.29) is 5.60 Å². The quantitative estimate of drug-likeness (QED) is 0.788. The number of hydrogen-bond acceptors (Lipinski definition) is 3. The van der Waals surface area contributed by atoms with Crippen LogP contribution in [0.1, 0.15) is 39.5 Å². The van der Waals surface area contributed by atoms with Crippen LogP contribution in [0.5, 0.6) is 0 Å². The zero-order chi connectivity index (χ0) is 12.8. The summed E-state index contributed by atoms with van der Waals surface area (Å²) in [5.74, 6) is 0. The lowest BCUT2D eigenvalue weighted by Crippen LogP contribution is -2.45. The highest BCUT2D eigenvalue weighted by atomic mass is 16.5. The standard InChI is InChI=1S/C14H25N3O/c1-3-14(2)12-13(6-11-18-14)15-7-4-9-17-10-5-8-16-17/h5,8,10,13,15H,3-4,6-7,9,11-12H2,1-2H3. The van der Waals surface area contributed by atoms with E-state index >= 15 is 0 Å². The van der Waals surface area contributed by atoms with E-state index in [1.54, 1.807) is 0 Å². The molecule has 0 aliphatic carbocycles. The lowest BCUT2D eigenvalue weighted by atomic mass is 9.90. The van der Waals surface area contributed by atoms with Crippen molar-refractivity contribution in [3.05, 3.63) is 18.5 Å². The van der Waals surface area contributed by atoms with Crippen LogP contribution in [0.2, 0.25) is 0 Å². The molecular weight excluding hydrogens is 226 g/mol. The molecule has 2 rings (SSSR count). The first-order valence-corrected chi connectivity index (χ1v) is 7.07. The molecule has 1 fully saturated rings. The molecule has 4 nitrogen and oxygen atoms in total. The van der Waals surface area contributed by atoms with E-state index in [1.165, 1.54) is 0 Å². The Kier molecular flexibility index (Phi) is 4.78. The molecule has 2 atom stereocenters. The Hall–Kier alpha value is -0.870. The summed E-state index contributed by atoms with van der Waals surface area (Å²) < 4.78 is 7.84. The number of hydrogen-bond donors (Lipinski definition) is 1. The Morgan fingerprint density at radius 2 is 2.44 bits per heavy atom. The van der Waals surface area contributed by atoms with Gasteiger partial charge in [0.2, 0.25) is 0 Å². The van der Waals surface area contributed by atoms with Crippen LogP contribution in [0.25, 0.3) is 0 Å². The van der Waals surface area contributed by atoms with E-state index in [2.05, 4.69) is 24.3 Å². The van der Waals surface area contributed by atoms with Crippen LogP contribution in [0.3, 0.4) is 0 Å². The molecular formula is C14H25N3O. The molecule has 1 aliphatic heterocycles. The maximum Gasteiger partial charge on any atom is 0.0666 e. The Balaban J connectivity index is 1.64. The average Bonchev–Trinajstić information content (AvgIpc) is 2.88. The van der Waals surface area contributed by atoms with Gasteiger partial charge in [-0.15, -0.1) is 0 Å². The van der Waals surface area contributed by atoms with Crippen molar-refractivity contribution in [1.29, 1.82) is 0 Å². The smallest absolute Gasteiger partial charge is 0.0666 e. The van der Waals surface area contributed by atoms with Gasteiger partial charge in [-0.1, -0.05) is 6.92 Å². The van der Waals surface area contributed by atoms with Crippen molar-refractivity contribution in [2.45, 2.75) is 57.7 Å². The van der Waals surface area contributed by atoms with Crippen LogP contribution in [0, 0.1) is 0 Å². The zero-order valence-corrected chi connectivity index (χ0v) is 11.6. The first kappa shape index (κ1) is 13.6. The Morgan fingerprint density at radius 3 is 3.17 bits per heavy atom. The SMILES string of the molecule is CCC1(C)CC(NCCCn2cccn2)CCO1. The molecule has 18 heavy (non-hydrogen) atoms. The minimum atomic E-state index is 0.0813. The van der Waals surface area contributed by atoms with Crippen LogP contribution < -0.4 is 5.32 Å². The number of nitrogens with one attached hydrogen (secondary N) is 1. The third-order valence-electron chi connectivity index (χ3n) is 3.90. The van der Waals surface area contributed by atoms with E-state index in [4.69, 9.17) is 4.74 Å². The highest BCUT2D eigenvalue weighted by Crippen LogP contribution is 2.27. The van der Waals surface area contributed by atoms with Crippen LogP contribution in [-0.2, 0) is 11.3 Å². The molecule has 102 valence electrons. The zero-order valence-electron chi connectivity index (χ0n) is 11.6. The lowest BCUT2D eigenvalue weighted by molar-refractivity contribution is -0.0778. The fourth-order valence-electron chi connectivity index (χ4n) is 2.53. The molecule has 0 saturated carbocycles. The molecule has 0 aromatic carbocycles. The lowest BCUT2D eigenvalue weighted by Gasteiger charge is -2.38. The molecule has 1 N–H and O–H groups in total. The number of ether oxygens (including phenoxy) is 1. The van der Waals surface area contributed by atoms with E-state index in [1.807, 2.05) is 23.1 Å². The molecule has 1 aromatic heterocycles. The predicted molar refractivity (Wildman–Crippen MR) is 72.5 cm³/mol. The fraction of sp³-hybridized carbons (Fsp3) is 0.786. The van der Waals surface area contributed by atoms with Crippen molar-refractivity contribution in [2.75, 3.05) is 13.2 Å². The van der Waals surface area contributed by atoms with Crippen LogP contribution >= 0.6 is 0 Å². The van der Waals surface area contributed by atoms with Gasteiger partial charge in [0.1, 0.15) is 0 Å². The third kappa shape index (κ3) is 3.82. The molecule has 4 heteroatoms. The summed E-state index contributed by atoms with van der Waals surface area (Å²) in [5.41, 5.74) is 0.0813. The molecule has 2 heterocycles. The molecule has 1 saturated heterocycles. The molecule has 1 aliphatic rings. The van der Waals surface area contributed by atoms with Gasteiger partial charge in [-0.05, 0) is 45.2 Å². The van der Waals surface area contributed by atoms with Gasteiger partial charge in [-0.2, -0.15) is 5.10 Å². The van der Waals surface area contributed by atoms with Gasteiger partial charge in [-0.3, -0.25) is 4.68 Å². The van der Waals surface area contributed by atoms with Crippen LogP contribution in [0.4, 0.5) is 0 Å². The summed E-state index contributed by atoms with van der Waals surface area (Å²) in [5, 5.41) is 7.86. The Bertz CT molecular complexity index is 339. The monoisotopic (exact) mass is 251 g/mol. The van der Waals surface area contributed by atoms with Crippen molar-refractivity contribution in [1.82, 2.24) is 15.1 Å². The first-order chi connectivity index (χ1) is 8.72. The molecule has 0 bridgehead atoms. The summed E-state index contributed by atoms with van der Waals surface area (Å²) in [6, 6.07) is 2.58. The van der Waals surface area contributed by atoms with Gasteiger partial charge >= 0.3 is 0 Å². The fourth-order valence-corrected chi connectivity index (χ4v) is 2.53. The summed E-state index contributed by atoms with van der Waals surface area (Å²) in [6.45, 7) is 7.38. The number of nitrogens with zero attached hydrogens (tertiary/aromatic N) is 2. The van der Waals surface area contributed by atoms with Crippen molar-refractivity contribution in [2.24, 2.45) is 0 Å². The molecule has 1 aromatic rings. The van der Waals surface area contributed by atoms with Crippen LogP contribution in [0.15, 0.2) is 18.5 Å². The van der Waals surface area contributed by atoms with Gasteiger partial charge in [-0.25, -0.2) is 0 Å². The summed E-state index contributed by atoms with van der Waals surface area (Å²) in [4.78, 5) is 0. The molecule has 2 unspecified atom stereocenters. The predicted octanol–water partition coefficient (Wildman–Crippen LogP) is 2.21. The summed E-state index contributed by atoms with van der Waals surface area (Å²) in [7, 11) is 0. The minimum Gasteiger partial charge on any atom is -0.375 e. The number of rotatable bonds is 6. The maximum absolute atomic E-state index is 5.86. The highest BCUT2D eigenvalue weighted by Gasteiger charge is 2.31. The maximum atomic E-state index is 5.86. The Labute approximate surface area is 110 Å². The van der Waals surface area contributed by atoms with E-state index in [0.29, 0.717) is 6.04 Å². The van der Waals surface area contributed by atoms with E-state index < -0.39 is 0 Å². The third-order valence-corrected chi connectivity index (χ3v) is 3.90. The Morgan fingerprint density at radius 1 is 1.56 bits per heavy atom. The average molecular weight is 251 g/mol. The van der Waals surface area contributed by atoms with Crippen molar-refractivity contribution >= 4 is 0 Å². The van der Waals surface area contributed by atoms with Crippen LogP contribution in [-0.4, -0.2) is 34.6 Å². The molecule has 0 spiro atoms. The van der Waals surface area contributed by atoms with Gasteiger partial charge in [0.05, 0.1) is 5.60 Å². The first-order valence-electron chi connectivity index (χ1n) is 7.07. The number of aromatic nitrogens is 2. The van der Waals surface area contributed by atoms with Crippen molar-refractivity contribution in [3.63, 3.8) is 0 Å². The summed E-state index contributed by atoms with van der Waals surface area (Å²) in [6.07, 6.45) is 8.34. The van der Waals surface area contributed by atoms with Crippen molar-refractivity contribution in [3.8, 4) is 0 Å². The van der Waals surface area contributed by atoms with Gasteiger partial charge in [0, 0.05) is 31.6 Å². The number of aryl methyl sites for hydroxylation is 1. The molecule has 0 amide bonds. The normalized spacial score (nSPS) is 28.4. The van der Waals surface area contributed by atoms with Gasteiger partial charge in [0.25, 0.3) is 0 Å². The van der Waals surface area contributed by atoms with Gasteiger partial charge < -0.3 is 10.1 Å². The second-order valence-electron chi connectivity index (χ2n) is 5.42. The van der Waals surface area contributed by atoms with Gasteiger partial charge in [0.15, 0.2) is 0 Å². The largest absolute Gasteiger partial charge is 0.375 e. The topological polar surface area (TPSA) is 39.1 Å². The van der Waals surface area contributed by atoms with E-state index in [0.717, 1.165) is 45.4 Å². The van der Waals surface area contributed by atoms with E-state index in [9.17, 15) is 0 Å². The highest BCUT2D eigenvalue weighted by molar-refractivity contribution is 4.85. The second-order valence-corrected chi connectivity index (χ2v) is 5.42. The minimum absolute atomic E-state index is 0.0813. The van der Waals surface area contributed by atoms with Crippen molar-refractivity contribution < 1.29 is 4.74 Å².